The first-order valence-corrected chi connectivity index (χ1v) is 10.5. The lowest BCUT2D eigenvalue weighted by molar-refractivity contribution is -0.124. The smallest absolute Gasteiger partial charge is 0.264 e. The summed E-state index contributed by atoms with van der Waals surface area (Å²) in [7, 11) is -3.86. The van der Waals surface area contributed by atoms with E-state index in [1.54, 1.807) is 12.1 Å². The van der Waals surface area contributed by atoms with Crippen LogP contribution in [0.5, 0.6) is 0 Å². The van der Waals surface area contributed by atoms with Gasteiger partial charge in [0.2, 0.25) is 11.8 Å². The monoisotopic (exact) mass is 380 g/mol. The number of nitrogens with one attached hydrogen (secondary N) is 2. The summed E-state index contributed by atoms with van der Waals surface area (Å²) in [6, 6.07) is 5.85. The minimum atomic E-state index is -3.86. The fourth-order valence-corrected chi connectivity index (χ4v) is 4.69. The van der Waals surface area contributed by atoms with E-state index in [1.807, 2.05) is 4.72 Å². The SMILES string of the molecule is CC(=O)NS(=O)(=O)c1ccc(NC(=O)C2CC(C)CCC2C(C)C)cc1. The lowest BCUT2D eigenvalue weighted by Crippen LogP contribution is -2.36. The molecule has 1 aliphatic rings. The molecular formula is C19H28N2O4S. The van der Waals surface area contributed by atoms with Gasteiger partial charge >= 0.3 is 0 Å². The first kappa shape index (κ1) is 20.4. The Morgan fingerprint density at radius 3 is 2.27 bits per heavy atom. The summed E-state index contributed by atoms with van der Waals surface area (Å²) in [4.78, 5) is 23.7. The quantitative estimate of drug-likeness (QED) is 0.821. The van der Waals surface area contributed by atoms with Crippen molar-refractivity contribution in [3.8, 4) is 0 Å². The predicted molar refractivity (Wildman–Crippen MR) is 101 cm³/mol. The van der Waals surface area contributed by atoms with Gasteiger partial charge in [-0.05, 0) is 54.9 Å². The molecule has 3 atom stereocenters. The largest absolute Gasteiger partial charge is 0.326 e. The molecule has 1 saturated carbocycles. The number of carbonyl (C=O) groups excluding carboxylic acids is 2. The molecule has 1 fully saturated rings. The molecule has 1 aromatic rings. The van der Waals surface area contributed by atoms with Crippen molar-refractivity contribution in [2.24, 2.45) is 23.7 Å². The second kappa shape index (κ2) is 8.20. The van der Waals surface area contributed by atoms with E-state index in [9.17, 15) is 18.0 Å². The van der Waals surface area contributed by atoms with Gasteiger partial charge < -0.3 is 5.32 Å². The van der Waals surface area contributed by atoms with Gasteiger partial charge in [0.15, 0.2) is 0 Å². The van der Waals surface area contributed by atoms with Crippen molar-refractivity contribution in [3.63, 3.8) is 0 Å². The lowest BCUT2D eigenvalue weighted by Gasteiger charge is -2.36. The highest BCUT2D eigenvalue weighted by Gasteiger charge is 2.35. The van der Waals surface area contributed by atoms with E-state index >= 15 is 0 Å². The van der Waals surface area contributed by atoms with Gasteiger partial charge in [-0.25, -0.2) is 13.1 Å². The molecule has 0 bridgehead atoms. The van der Waals surface area contributed by atoms with Crippen LogP contribution in [0.3, 0.4) is 0 Å². The molecular weight excluding hydrogens is 352 g/mol. The predicted octanol–water partition coefficient (Wildman–Crippen LogP) is 3.16. The van der Waals surface area contributed by atoms with Crippen LogP contribution in [-0.4, -0.2) is 20.2 Å². The number of hydrogen-bond acceptors (Lipinski definition) is 4. The molecule has 0 aromatic heterocycles. The van der Waals surface area contributed by atoms with Gasteiger partial charge in [-0.15, -0.1) is 0 Å². The van der Waals surface area contributed by atoms with E-state index in [1.165, 1.54) is 12.1 Å². The van der Waals surface area contributed by atoms with Gasteiger partial charge in [-0.1, -0.05) is 27.2 Å². The summed E-state index contributed by atoms with van der Waals surface area (Å²) in [6.07, 6.45) is 3.09. The summed E-state index contributed by atoms with van der Waals surface area (Å²) >= 11 is 0. The number of carbonyl (C=O) groups is 2. The minimum Gasteiger partial charge on any atom is -0.326 e. The first-order valence-electron chi connectivity index (χ1n) is 9.04. The minimum absolute atomic E-state index is 0.00674. The van der Waals surface area contributed by atoms with E-state index in [0.29, 0.717) is 23.4 Å². The number of amides is 2. The number of anilines is 1. The van der Waals surface area contributed by atoms with Crippen LogP contribution in [0.25, 0.3) is 0 Å². The Kier molecular flexibility index (Phi) is 6.44. The maximum absolute atomic E-state index is 12.8. The molecule has 0 spiro atoms. The Balaban J connectivity index is 2.10. The molecule has 0 heterocycles. The average molecular weight is 381 g/mol. The van der Waals surface area contributed by atoms with Crippen molar-refractivity contribution in [3.05, 3.63) is 24.3 Å². The molecule has 1 aromatic carbocycles. The van der Waals surface area contributed by atoms with Crippen molar-refractivity contribution in [1.82, 2.24) is 4.72 Å². The van der Waals surface area contributed by atoms with Crippen molar-refractivity contribution in [1.29, 1.82) is 0 Å². The molecule has 0 saturated heterocycles. The van der Waals surface area contributed by atoms with Crippen molar-refractivity contribution in [2.45, 2.75) is 51.9 Å². The lowest BCUT2D eigenvalue weighted by atomic mass is 9.70. The summed E-state index contributed by atoms with van der Waals surface area (Å²) in [5.74, 6) is 0.669. The number of hydrogen-bond donors (Lipinski definition) is 2. The zero-order valence-electron chi connectivity index (χ0n) is 15.8. The third kappa shape index (κ3) is 5.06. The molecule has 2 N–H and O–H groups in total. The molecule has 144 valence electrons. The maximum Gasteiger partial charge on any atom is 0.264 e. The van der Waals surface area contributed by atoms with Crippen LogP contribution in [0.4, 0.5) is 5.69 Å². The fourth-order valence-electron chi connectivity index (χ4n) is 3.70. The molecule has 0 aliphatic heterocycles. The third-order valence-electron chi connectivity index (χ3n) is 5.07. The highest BCUT2D eigenvalue weighted by molar-refractivity contribution is 7.90. The van der Waals surface area contributed by atoms with Crippen LogP contribution in [0, 0.1) is 23.7 Å². The van der Waals surface area contributed by atoms with E-state index < -0.39 is 15.9 Å². The van der Waals surface area contributed by atoms with Crippen LogP contribution in [-0.2, 0) is 19.6 Å². The summed E-state index contributed by atoms with van der Waals surface area (Å²) in [6.45, 7) is 7.63. The summed E-state index contributed by atoms with van der Waals surface area (Å²) in [5, 5.41) is 2.92. The molecule has 26 heavy (non-hydrogen) atoms. The van der Waals surface area contributed by atoms with Crippen LogP contribution < -0.4 is 10.0 Å². The van der Waals surface area contributed by atoms with Gasteiger partial charge in [-0.2, -0.15) is 0 Å². The van der Waals surface area contributed by atoms with Gasteiger partial charge in [0.05, 0.1) is 4.90 Å². The van der Waals surface area contributed by atoms with Gasteiger partial charge in [0.25, 0.3) is 10.0 Å². The molecule has 0 radical (unpaired) electrons. The Morgan fingerprint density at radius 1 is 1.12 bits per heavy atom. The Labute approximate surface area is 155 Å². The summed E-state index contributed by atoms with van der Waals surface area (Å²) < 4.78 is 25.8. The average Bonchev–Trinajstić information content (AvgIpc) is 2.53. The topological polar surface area (TPSA) is 92.3 Å². The van der Waals surface area contributed by atoms with Crippen LogP contribution >= 0.6 is 0 Å². The third-order valence-corrected chi connectivity index (χ3v) is 6.52. The number of rotatable bonds is 5. The molecule has 2 rings (SSSR count). The molecule has 1 aliphatic carbocycles. The second-order valence-corrected chi connectivity index (χ2v) is 9.29. The van der Waals surface area contributed by atoms with E-state index in [0.717, 1.165) is 26.2 Å². The standard InChI is InChI=1S/C19H28N2O4S/c1-12(2)17-10-5-13(3)11-18(17)19(23)20-15-6-8-16(9-7-15)26(24,25)21-14(4)22/h6-9,12-13,17-18H,5,10-11H2,1-4H3,(H,20,23)(H,21,22). The fraction of sp³-hybridized carbons (Fsp3) is 0.579. The number of sulfonamides is 1. The van der Waals surface area contributed by atoms with E-state index in [2.05, 4.69) is 26.1 Å². The highest BCUT2D eigenvalue weighted by Crippen LogP contribution is 2.38. The van der Waals surface area contributed by atoms with Crippen molar-refractivity contribution >= 4 is 27.5 Å². The number of benzene rings is 1. The molecule has 2 amide bonds. The normalized spacial score (nSPS) is 23.5. The van der Waals surface area contributed by atoms with Crippen LogP contribution in [0.1, 0.15) is 47.0 Å². The van der Waals surface area contributed by atoms with E-state index in [4.69, 9.17) is 0 Å². The Hall–Kier alpha value is -1.89. The van der Waals surface area contributed by atoms with Crippen LogP contribution in [0.15, 0.2) is 29.2 Å². The van der Waals surface area contributed by atoms with Crippen molar-refractivity contribution in [2.75, 3.05) is 5.32 Å². The van der Waals surface area contributed by atoms with Gasteiger partial charge in [0.1, 0.15) is 0 Å². The van der Waals surface area contributed by atoms with Gasteiger partial charge in [-0.3, -0.25) is 9.59 Å². The maximum atomic E-state index is 12.8. The van der Waals surface area contributed by atoms with Crippen LogP contribution in [0.2, 0.25) is 0 Å². The molecule has 7 heteroatoms. The van der Waals surface area contributed by atoms with Gasteiger partial charge in [0, 0.05) is 18.5 Å². The zero-order chi connectivity index (χ0) is 19.5. The summed E-state index contributed by atoms with van der Waals surface area (Å²) in [5.41, 5.74) is 0.553. The molecule has 3 unspecified atom stereocenters. The van der Waals surface area contributed by atoms with Crippen molar-refractivity contribution < 1.29 is 18.0 Å². The Morgan fingerprint density at radius 2 is 1.73 bits per heavy atom. The Bertz CT molecular complexity index is 756. The zero-order valence-corrected chi connectivity index (χ0v) is 16.6. The van der Waals surface area contributed by atoms with E-state index in [-0.39, 0.29) is 16.7 Å². The first-order chi connectivity index (χ1) is 12.1. The highest BCUT2D eigenvalue weighted by atomic mass is 32.2. The second-order valence-electron chi connectivity index (χ2n) is 7.61. The molecule has 6 nitrogen and oxygen atoms in total.